The molecular formula is C36H53N7O7. The van der Waals surface area contributed by atoms with Crippen LogP contribution in [0.4, 0.5) is 0 Å². The average molecular weight is 696 g/mol. The molecule has 4 atom stereocenters. The molecule has 274 valence electrons. The highest BCUT2D eigenvalue weighted by atomic mass is 16.6. The van der Waals surface area contributed by atoms with Gasteiger partial charge in [-0.05, 0) is 37.2 Å². The molecule has 2 aromatic rings. The lowest BCUT2D eigenvalue weighted by molar-refractivity contribution is -0.134. The number of ether oxygens (including phenoxy) is 1. The van der Waals surface area contributed by atoms with Gasteiger partial charge in [0.05, 0.1) is 37.9 Å². The molecule has 0 saturated carbocycles. The lowest BCUT2D eigenvalue weighted by atomic mass is 9.93. The van der Waals surface area contributed by atoms with Crippen LogP contribution in [0.2, 0.25) is 0 Å². The van der Waals surface area contributed by atoms with E-state index in [1.54, 1.807) is 13.0 Å². The first kappa shape index (κ1) is 38.7. The molecule has 14 nitrogen and oxygen atoms in total. The number of benzene rings is 1. The van der Waals surface area contributed by atoms with E-state index in [0.717, 1.165) is 31.7 Å². The predicted octanol–water partition coefficient (Wildman–Crippen LogP) is 0.886. The molecule has 2 fully saturated rings. The van der Waals surface area contributed by atoms with Crippen molar-refractivity contribution >= 4 is 29.4 Å². The minimum absolute atomic E-state index is 0.0249. The number of Topliss-reactive ketones (excluding diaryl/α,β-unsaturated/α-hetero) is 1. The van der Waals surface area contributed by atoms with Gasteiger partial charge < -0.3 is 35.8 Å². The molecule has 0 bridgehead atoms. The number of ketones is 1. The lowest BCUT2D eigenvalue weighted by Crippen LogP contribution is -2.58. The molecule has 1 aromatic heterocycles. The zero-order valence-corrected chi connectivity index (χ0v) is 29.9. The summed E-state index contributed by atoms with van der Waals surface area (Å²) in [5, 5.41) is 18.3. The monoisotopic (exact) mass is 695 g/mol. The fourth-order valence-electron chi connectivity index (χ4n) is 5.88. The van der Waals surface area contributed by atoms with Crippen molar-refractivity contribution in [2.24, 2.45) is 11.8 Å². The predicted molar refractivity (Wildman–Crippen MR) is 186 cm³/mol. The second kappa shape index (κ2) is 18.2. The quantitative estimate of drug-likeness (QED) is 0.132. The van der Waals surface area contributed by atoms with Gasteiger partial charge in [0.15, 0.2) is 11.5 Å². The zero-order valence-electron chi connectivity index (χ0n) is 29.9. The number of hydrogen-bond donors (Lipinski definition) is 5. The Labute approximate surface area is 294 Å². The maximum atomic E-state index is 13.8. The van der Waals surface area contributed by atoms with Crippen LogP contribution in [-0.2, 0) is 48.1 Å². The molecule has 3 heterocycles. The fraction of sp³-hybridized carbons (Fsp3) is 0.611. The summed E-state index contributed by atoms with van der Waals surface area (Å²) in [6.07, 6.45) is 0.827. The molecule has 0 aliphatic carbocycles. The third-order valence-electron chi connectivity index (χ3n) is 8.70. The number of epoxide rings is 1. The number of amides is 4. The zero-order chi connectivity index (χ0) is 36.3. The molecule has 14 heteroatoms. The minimum Gasteiger partial charge on any atom is -0.361 e. The first-order chi connectivity index (χ1) is 23.8. The van der Waals surface area contributed by atoms with Crippen LogP contribution >= 0.6 is 0 Å². The van der Waals surface area contributed by atoms with Gasteiger partial charge in [0.1, 0.15) is 17.7 Å². The number of carbonyl (C=O) groups excluding carboxylic acids is 5. The van der Waals surface area contributed by atoms with Crippen molar-refractivity contribution < 1.29 is 33.2 Å². The topological polar surface area (TPSA) is 187 Å². The van der Waals surface area contributed by atoms with Crippen molar-refractivity contribution in [2.75, 3.05) is 39.3 Å². The van der Waals surface area contributed by atoms with Crippen LogP contribution in [-0.4, -0.2) is 103 Å². The van der Waals surface area contributed by atoms with Gasteiger partial charge in [-0.15, -0.1) is 0 Å². The molecular weight excluding hydrogens is 642 g/mol. The summed E-state index contributed by atoms with van der Waals surface area (Å²) in [5.74, 6) is -1.40. The van der Waals surface area contributed by atoms with Gasteiger partial charge >= 0.3 is 0 Å². The molecule has 5 N–H and O–H groups in total. The molecule has 2 aliphatic heterocycles. The number of aromatic nitrogens is 1. The summed E-state index contributed by atoms with van der Waals surface area (Å²) in [6.45, 7) is 13.6. The molecule has 0 spiro atoms. The van der Waals surface area contributed by atoms with E-state index in [1.807, 2.05) is 58.0 Å². The number of hydrogen-bond acceptors (Lipinski definition) is 10. The van der Waals surface area contributed by atoms with Gasteiger partial charge in [-0.2, -0.15) is 0 Å². The number of nitrogens with one attached hydrogen (secondary N) is 5. The Hall–Kier alpha value is -4.14. The largest absolute Gasteiger partial charge is 0.361 e. The number of nitrogens with zero attached hydrogens (tertiary/aromatic N) is 2. The molecule has 4 unspecified atom stereocenters. The second-order valence-corrected chi connectivity index (χ2v) is 14.3. The Balaban J connectivity index is 1.35. The van der Waals surface area contributed by atoms with E-state index in [1.165, 1.54) is 0 Å². The molecule has 2 aliphatic rings. The maximum absolute atomic E-state index is 13.8. The van der Waals surface area contributed by atoms with Crippen LogP contribution in [0.1, 0.15) is 64.5 Å². The normalized spacial score (nSPS) is 19.3. The highest BCUT2D eigenvalue weighted by molar-refractivity contribution is 5.98. The SMILES string of the molecule is CC(C)CC(NC(=O)CNC(=O)Cc1cc(CN2CCNCC2)on1)C(=O)NC(Cc1ccccc1)C(=O)NC(CC(C)C)C(=O)C1(C)CO1. The number of piperazine rings is 1. The summed E-state index contributed by atoms with van der Waals surface area (Å²) in [6, 6.07) is 8.21. The number of carbonyl (C=O) groups is 5. The smallest absolute Gasteiger partial charge is 0.243 e. The minimum atomic E-state index is -1.02. The van der Waals surface area contributed by atoms with Crippen molar-refractivity contribution in [3.8, 4) is 0 Å². The Morgan fingerprint density at radius 3 is 2.14 bits per heavy atom. The van der Waals surface area contributed by atoms with Crippen LogP contribution in [0, 0.1) is 11.8 Å². The summed E-state index contributed by atoms with van der Waals surface area (Å²) in [4.78, 5) is 68.5. The van der Waals surface area contributed by atoms with Crippen LogP contribution < -0.4 is 26.6 Å². The van der Waals surface area contributed by atoms with Crippen LogP contribution in [0.5, 0.6) is 0 Å². The Morgan fingerprint density at radius 2 is 1.50 bits per heavy atom. The van der Waals surface area contributed by atoms with E-state index in [4.69, 9.17) is 9.26 Å². The molecule has 1 aromatic carbocycles. The van der Waals surface area contributed by atoms with E-state index in [0.29, 0.717) is 37.4 Å². The first-order valence-corrected chi connectivity index (χ1v) is 17.6. The van der Waals surface area contributed by atoms with Crippen molar-refractivity contribution in [1.82, 2.24) is 36.6 Å². The van der Waals surface area contributed by atoms with E-state index in [2.05, 4.69) is 36.6 Å². The molecule has 4 amide bonds. The number of rotatable bonds is 19. The summed E-state index contributed by atoms with van der Waals surface area (Å²) >= 11 is 0. The van der Waals surface area contributed by atoms with E-state index >= 15 is 0 Å². The van der Waals surface area contributed by atoms with Gasteiger partial charge in [0, 0.05) is 38.7 Å². The highest BCUT2D eigenvalue weighted by Gasteiger charge is 2.50. The highest BCUT2D eigenvalue weighted by Crippen LogP contribution is 2.29. The van der Waals surface area contributed by atoms with Crippen molar-refractivity contribution in [3.05, 3.63) is 53.4 Å². The van der Waals surface area contributed by atoms with Gasteiger partial charge in [-0.1, -0.05) is 63.2 Å². The fourth-order valence-corrected chi connectivity index (χ4v) is 5.88. The third-order valence-corrected chi connectivity index (χ3v) is 8.70. The van der Waals surface area contributed by atoms with Crippen molar-refractivity contribution in [2.45, 2.75) is 90.6 Å². The standard InChI is InChI=1S/C36H53N7O7/c1-23(2)15-28(33(46)36(5)22-49-36)40-35(48)30(17-25-9-7-6-8-10-25)41-34(47)29(16-24(3)4)39-32(45)20-38-31(44)19-26-18-27(50-42-26)21-43-13-11-37-12-14-43/h6-10,18,23-24,28-30,37H,11-17,19-22H2,1-5H3,(H,38,44)(H,39,45)(H,40,48)(H,41,47). The van der Waals surface area contributed by atoms with Gasteiger partial charge in [-0.3, -0.25) is 28.9 Å². The molecule has 50 heavy (non-hydrogen) atoms. The Morgan fingerprint density at radius 1 is 0.880 bits per heavy atom. The summed E-state index contributed by atoms with van der Waals surface area (Å²) in [7, 11) is 0. The van der Waals surface area contributed by atoms with E-state index in [-0.39, 0.29) is 37.0 Å². The summed E-state index contributed by atoms with van der Waals surface area (Å²) < 4.78 is 10.8. The van der Waals surface area contributed by atoms with E-state index < -0.39 is 47.4 Å². The van der Waals surface area contributed by atoms with Crippen LogP contribution in [0.25, 0.3) is 0 Å². The summed E-state index contributed by atoms with van der Waals surface area (Å²) in [5.41, 5.74) is 0.354. The van der Waals surface area contributed by atoms with Crippen molar-refractivity contribution in [3.63, 3.8) is 0 Å². The average Bonchev–Trinajstić information content (AvgIpc) is 3.68. The van der Waals surface area contributed by atoms with Gasteiger partial charge in [0.2, 0.25) is 23.6 Å². The third kappa shape index (κ3) is 12.3. The van der Waals surface area contributed by atoms with Crippen LogP contribution in [0.15, 0.2) is 40.9 Å². The lowest BCUT2D eigenvalue weighted by Gasteiger charge is -2.27. The first-order valence-electron chi connectivity index (χ1n) is 17.6. The van der Waals surface area contributed by atoms with E-state index in [9.17, 15) is 24.0 Å². The van der Waals surface area contributed by atoms with Crippen LogP contribution in [0.3, 0.4) is 0 Å². The molecule has 0 radical (unpaired) electrons. The molecule has 4 rings (SSSR count). The Bertz CT molecular complexity index is 1450. The van der Waals surface area contributed by atoms with Gasteiger partial charge in [0.25, 0.3) is 0 Å². The Kier molecular flexibility index (Phi) is 14.1. The maximum Gasteiger partial charge on any atom is 0.243 e. The van der Waals surface area contributed by atoms with Crippen molar-refractivity contribution in [1.29, 1.82) is 0 Å². The second-order valence-electron chi connectivity index (χ2n) is 14.3. The molecule has 2 saturated heterocycles. The van der Waals surface area contributed by atoms with Gasteiger partial charge in [-0.25, -0.2) is 0 Å².